The number of aliphatic hydroxyl groups excluding tert-OH is 1. The number of alkyl carbamates (subject to hydrolysis) is 1. The van der Waals surface area contributed by atoms with E-state index < -0.39 is 40.2 Å². The van der Waals surface area contributed by atoms with E-state index in [1.807, 2.05) is 44.2 Å². The maximum Gasteiger partial charge on any atom is 0.407 e. The average molecular weight is 619 g/mol. The Morgan fingerprint density at radius 1 is 1.07 bits per heavy atom. The molecule has 3 fully saturated rings. The lowest BCUT2D eigenvalue weighted by Gasteiger charge is -2.31. The van der Waals surface area contributed by atoms with Gasteiger partial charge in [0.2, 0.25) is 10.0 Å². The van der Waals surface area contributed by atoms with Crippen LogP contribution in [0.15, 0.2) is 59.5 Å². The van der Waals surface area contributed by atoms with Crippen molar-refractivity contribution < 1.29 is 42.0 Å². The van der Waals surface area contributed by atoms with Gasteiger partial charge in [0.25, 0.3) is 0 Å². The summed E-state index contributed by atoms with van der Waals surface area (Å²) in [6.07, 6.45) is -1.07. The molecule has 1 saturated carbocycles. The molecular formula is C31H42N2O9S. The van der Waals surface area contributed by atoms with Crippen LogP contribution < -0.4 is 10.1 Å². The summed E-state index contributed by atoms with van der Waals surface area (Å²) in [6.45, 7) is 5.19. The second kappa shape index (κ2) is 13.5. The number of aliphatic hydroxyl groups is 1. The fraction of sp³-hybridized carbons (Fsp3) is 0.581. The summed E-state index contributed by atoms with van der Waals surface area (Å²) in [6, 6.07) is 14.7. The number of ether oxygens (including phenoxy) is 5. The maximum atomic E-state index is 13.7. The minimum atomic E-state index is -3.95. The zero-order valence-electron chi connectivity index (χ0n) is 24.9. The fourth-order valence-electron chi connectivity index (χ4n) is 6.19. The van der Waals surface area contributed by atoms with Gasteiger partial charge in [-0.1, -0.05) is 44.2 Å². The molecule has 3 aliphatic rings. The summed E-state index contributed by atoms with van der Waals surface area (Å²) in [7, 11) is -2.44. The van der Waals surface area contributed by atoms with Gasteiger partial charge in [-0.2, -0.15) is 4.31 Å². The highest BCUT2D eigenvalue weighted by Crippen LogP contribution is 2.47. The lowest BCUT2D eigenvalue weighted by atomic mass is 9.98. The van der Waals surface area contributed by atoms with Crippen molar-refractivity contribution in [3.8, 4) is 5.75 Å². The number of sulfonamides is 1. The summed E-state index contributed by atoms with van der Waals surface area (Å²) in [5, 5.41) is 14.3. The van der Waals surface area contributed by atoms with Crippen molar-refractivity contribution in [2.75, 3.05) is 40.0 Å². The number of rotatable bonds is 12. The smallest absolute Gasteiger partial charge is 0.407 e. The van der Waals surface area contributed by atoms with Crippen molar-refractivity contribution in [2.45, 2.75) is 68.1 Å². The number of nitrogens with zero attached hydrogens (tertiary/aromatic N) is 1. The first-order valence-corrected chi connectivity index (χ1v) is 16.3. The van der Waals surface area contributed by atoms with Crippen LogP contribution in [0.3, 0.4) is 0 Å². The number of fused-ring (bicyclic) bond motifs is 2. The molecule has 2 aliphatic heterocycles. The normalized spacial score (nSPS) is 24.3. The van der Waals surface area contributed by atoms with Crippen molar-refractivity contribution in [1.29, 1.82) is 0 Å². The van der Waals surface area contributed by atoms with E-state index in [0.717, 1.165) is 5.56 Å². The molecule has 2 heterocycles. The Labute approximate surface area is 253 Å². The molecule has 236 valence electrons. The van der Waals surface area contributed by atoms with E-state index >= 15 is 0 Å². The van der Waals surface area contributed by atoms with Gasteiger partial charge in [-0.15, -0.1) is 0 Å². The van der Waals surface area contributed by atoms with Gasteiger partial charge < -0.3 is 34.1 Å². The van der Waals surface area contributed by atoms with Gasteiger partial charge in [0.1, 0.15) is 18.5 Å². The number of hydrogen-bond donors (Lipinski definition) is 2. The van der Waals surface area contributed by atoms with Crippen molar-refractivity contribution in [1.82, 2.24) is 9.62 Å². The molecule has 2 saturated heterocycles. The molecule has 0 bridgehead atoms. The van der Waals surface area contributed by atoms with Gasteiger partial charge in [-0.05, 0) is 48.6 Å². The van der Waals surface area contributed by atoms with Crippen LogP contribution in [0.2, 0.25) is 0 Å². The number of methoxy groups -OCH3 is 1. The predicted octanol–water partition coefficient (Wildman–Crippen LogP) is 2.96. The van der Waals surface area contributed by atoms with E-state index in [1.165, 1.54) is 23.5 Å². The van der Waals surface area contributed by atoms with Gasteiger partial charge in [0.05, 0.1) is 43.5 Å². The average Bonchev–Trinajstić information content (AvgIpc) is 3.71. The molecule has 0 unspecified atom stereocenters. The highest BCUT2D eigenvalue weighted by molar-refractivity contribution is 7.89. The third kappa shape index (κ3) is 7.33. The molecule has 11 nitrogen and oxygen atoms in total. The molecule has 2 aromatic rings. The first-order valence-electron chi connectivity index (χ1n) is 14.8. The Morgan fingerprint density at radius 2 is 1.77 bits per heavy atom. The van der Waals surface area contributed by atoms with Crippen LogP contribution in [-0.2, 0) is 35.4 Å². The van der Waals surface area contributed by atoms with Gasteiger partial charge in [-0.3, -0.25) is 0 Å². The molecule has 2 N–H and O–H groups in total. The summed E-state index contributed by atoms with van der Waals surface area (Å²) >= 11 is 0. The van der Waals surface area contributed by atoms with Gasteiger partial charge in [0.15, 0.2) is 5.79 Å². The monoisotopic (exact) mass is 618 g/mol. The predicted molar refractivity (Wildman–Crippen MR) is 157 cm³/mol. The number of carbonyl (C=O) groups is 1. The molecular weight excluding hydrogens is 576 g/mol. The lowest BCUT2D eigenvalue weighted by Crippen LogP contribution is -2.51. The van der Waals surface area contributed by atoms with E-state index in [0.29, 0.717) is 38.4 Å². The first-order chi connectivity index (χ1) is 20.6. The van der Waals surface area contributed by atoms with E-state index in [1.54, 1.807) is 12.1 Å². The van der Waals surface area contributed by atoms with Crippen LogP contribution in [0.1, 0.15) is 32.3 Å². The number of hydrogen-bond acceptors (Lipinski definition) is 9. The molecule has 12 heteroatoms. The molecule has 43 heavy (non-hydrogen) atoms. The third-order valence-electron chi connectivity index (χ3n) is 8.30. The topological polar surface area (TPSA) is 133 Å². The summed E-state index contributed by atoms with van der Waals surface area (Å²) < 4.78 is 57.2. The number of carbonyl (C=O) groups excluding carboxylic acids is 1. The second-order valence-electron chi connectivity index (χ2n) is 11.9. The second-order valence-corrected chi connectivity index (χ2v) is 13.8. The van der Waals surface area contributed by atoms with Crippen molar-refractivity contribution in [2.24, 2.45) is 11.8 Å². The van der Waals surface area contributed by atoms with Crippen LogP contribution in [0.4, 0.5) is 4.79 Å². The van der Waals surface area contributed by atoms with Gasteiger partial charge in [0, 0.05) is 25.4 Å². The molecule has 1 spiro atoms. The van der Waals surface area contributed by atoms with Crippen LogP contribution in [-0.4, -0.2) is 94.1 Å². The van der Waals surface area contributed by atoms with E-state index in [4.69, 9.17) is 23.7 Å². The van der Waals surface area contributed by atoms with Crippen LogP contribution in [0, 0.1) is 11.8 Å². The Kier molecular flexibility index (Phi) is 9.94. The molecule has 1 amide bonds. The zero-order valence-corrected chi connectivity index (χ0v) is 25.7. The summed E-state index contributed by atoms with van der Waals surface area (Å²) in [4.78, 5) is 13.3. The highest BCUT2D eigenvalue weighted by Gasteiger charge is 2.58. The molecule has 1 aliphatic carbocycles. The Balaban J connectivity index is 1.29. The van der Waals surface area contributed by atoms with Gasteiger partial charge in [-0.25, -0.2) is 13.2 Å². The van der Waals surface area contributed by atoms with Crippen molar-refractivity contribution >= 4 is 16.1 Å². The van der Waals surface area contributed by atoms with E-state index in [-0.39, 0.29) is 42.3 Å². The molecule has 0 aromatic heterocycles. The number of nitrogens with one attached hydrogen (secondary N) is 1. The summed E-state index contributed by atoms with van der Waals surface area (Å²) in [5.41, 5.74) is 0.876. The van der Waals surface area contributed by atoms with Crippen molar-refractivity contribution in [3.63, 3.8) is 0 Å². The number of benzene rings is 2. The third-order valence-corrected chi connectivity index (χ3v) is 10.1. The van der Waals surface area contributed by atoms with E-state index in [9.17, 15) is 18.3 Å². The number of amides is 1. The van der Waals surface area contributed by atoms with E-state index in [2.05, 4.69) is 5.32 Å². The Bertz CT molecular complexity index is 1320. The molecule has 5 rings (SSSR count). The molecule has 2 aromatic carbocycles. The summed E-state index contributed by atoms with van der Waals surface area (Å²) in [5.74, 6) is -0.256. The maximum absolute atomic E-state index is 13.7. The van der Waals surface area contributed by atoms with Crippen LogP contribution in [0.5, 0.6) is 5.75 Å². The largest absolute Gasteiger partial charge is 0.497 e. The van der Waals surface area contributed by atoms with Crippen molar-refractivity contribution in [3.05, 3.63) is 60.2 Å². The van der Waals surface area contributed by atoms with Gasteiger partial charge >= 0.3 is 6.09 Å². The van der Waals surface area contributed by atoms with Crippen LogP contribution >= 0.6 is 0 Å². The minimum absolute atomic E-state index is 0.00845. The first kappa shape index (κ1) is 31.7. The highest BCUT2D eigenvalue weighted by atomic mass is 32.2. The quantitative estimate of drug-likeness (QED) is 0.368. The minimum Gasteiger partial charge on any atom is -0.497 e. The zero-order chi connectivity index (χ0) is 30.6. The lowest BCUT2D eigenvalue weighted by molar-refractivity contribution is -0.181. The Morgan fingerprint density at radius 3 is 2.42 bits per heavy atom. The Hall–Kier alpha value is -2.74. The fourth-order valence-corrected chi connectivity index (χ4v) is 7.82. The molecule has 5 atom stereocenters. The SMILES string of the molecule is COc1ccc(S(=O)(=O)N(CC(C)C)C[C@@H](O)[C@H](Cc2ccccc2)NC(=O)O[C@H]2C[C@H]3OCC4(OCCO4)[C@H]3C2)cc1. The standard InChI is InChI=1S/C31H42N2O9S/c1-21(2)18-33(43(36,37)25-11-9-23(38-3)10-12-25)19-28(34)27(15-22-7-5-4-6-8-22)32-30(35)42-24-16-26-29(17-24)39-20-31(26)40-13-14-41-31/h4-12,21,24,26-29,34H,13-20H2,1-3H3,(H,32,35)/t24-,26+,27+,28-,29-/m1/s1. The van der Waals surface area contributed by atoms with Crippen LogP contribution in [0.25, 0.3) is 0 Å². The molecule has 0 radical (unpaired) electrons.